The van der Waals surface area contributed by atoms with Crippen molar-refractivity contribution in [3.05, 3.63) is 0 Å². The van der Waals surface area contributed by atoms with E-state index in [0.29, 0.717) is 6.10 Å². The number of ether oxygens (including phenoxy) is 1. The Balaban J connectivity index is 2.21. The summed E-state index contributed by atoms with van der Waals surface area (Å²) in [7, 11) is 0. The molecule has 1 fully saturated rings. The lowest BCUT2D eigenvalue weighted by Gasteiger charge is -2.29. The van der Waals surface area contributed by atoms with E-state index < -0.39 is 0 Å². The number of hydrogen-bond donors (Lipinski definition) is 0. The van der Waals surface area contributed by atoms with Crippen LogP contribution in [-0.4, -0.2) is 43.1 Å². The summed E-state index contributed by atoms with van der Waals surface area (Å²) in [5, 5.41) is 0. The molecule has 0 aromatic carbocycles. The molecule has 1 aliphatic rings. The molecule has 0 aliphatic carbocycles. The number of alkyl halides is 1. The maximum Gasteiger partial charge on any atom is 0.0702 e. The van der Waals surface area contributed by atoms with Crippen LogP contribution in [-0.2, 0) is 4.74 Å². The van der Waals surface area contributed by atoms with E-state index in [0.717, 1.165) is 32.1 Å². The standard InChI is InChI=1S/C11H22ClNO/c1-2-7-13(8-6-12)10-11-5-3-4-9-14-11/h11H,2-10H2,1H3. The lowest BCUT2D eigenvalue weighted by Crippen LogP contribution is -2.37. The molecule has 2 nitrogen and oxygen atoms in total. The number of rotatable bonds is 6. The van der Waals surface area contributed by atoms with Crippen molar-refractivity contribution >= 4 is 11.6 Å². The van der Waals surface area contributed by atoms with E-state index in [1.54, 1.807) is 0 Å². The Morgan fingerprint density at radius 2 is 2.21 bits per heavy atom. The average Bonchev–Trinajstić information content (AvgIpc) is 2.20. The van der Waals surface area contributed by atoms with Crippen LogP contribution in [0.15, 0.2) is 0 Å². The highest BCUT2D eigenvalue weighted by Gasteiger charge is 2.16. The van der Waals surface area contributed by atoms with E-state index >= 15 is 0 Å². The molecular weight excluding hydrogens is 198 g/mol. The summed E-state index contributed by atoms with van der Waals surface area (Å²) in [6, 6.07) is 0. The van der Waals surface area contributed by atoms with E-state index in [9.17, 15) is 0 Å². The van der Waals surface area contributed by atoms with Crippen molar-refractivity contribution in [3.8, 4) is 0 Å². The second kappa shape index (κ2) is 7.49. The molecule has 0 amide bonds. The summed E-state index contributed by atoms with van der Waals surface area (Å²) >= 11 is 5.77. The van der Waals surface area contributed by atoms with Crippen LogP contribution < -0.4 is 0 Å². The molecule has 1 heterocycles. The zero-order chi connectivity index (χ0) is 10.2. The van der Waals surface area contributed by atoms with Gasteiger partial charge in [0, 0.05) is 25.6 Å². The minimum absolute atomic E-state index is 0.457. The SMILES string of the molecule is CCCN(CCCl)CC1CCCCO1. The number of nitrogens with zero attached hydrogens (tertiary/aromatic N) is 1. The van der Waals surface area contributed by atoms with Crippen molar-refractivity contribution < 1.29 is 4.74 Å². The molecule has 0 aromatic rings. The van der Waals surface area contributed by atoms with E-state index in [-0.39, 0.29) is 0 Å². The third-order valence-electron chi connectivity index (χ3n) is 2.68. The molecule has 1 unspecified atom stereocenters. The van der Waals surface area contributed by atoms with Crippen molar-refractivity contribution in [3.63, 3.8) is 0 Å². The Kier molecular flexibility index (Phi) is 6.57. The fourth-order valence-electron chi connectivity index (χ4n) is 1.97. The van der Waals surface area contributed by atoms with Gasteiger partial charge in [-0.2, -0.15) is 0 Å². The van der Waals surface area contributed by atoms with Crippen molar-refractivity contribution in [2.45, 2.75) is 38.7 Å². The Hall–Kier alpha value is 0.210. The maximum absolute atomic E-state index is 5.77. The quantitative estimate of drug-likeness (QED) is 0.637. The first-order valence-electron chi connectivity index (χ1n) is 5.76. The minimum atomic E-state index is 0.457. The molecule has 1 rings (SSSR count). The van der Waals surface area contributed by atoms with Gasteiger partial charge in [-0.05, 0) is 32.2 Å². The summed E-state index contributed by atoms with van der Waals surface area (Å²) in [5.41, 5.74) is 0. The topological polar surface area (TPSA) is 12.5 Å². The number of halogens is 1. The summed E-state index contributed by atoms with van der Waals surface area (Å²) in [6.07, 6.45) is 5.44. The monoisotopic (exact) mass is 219 g/mol. The third-order valence-corrected chi connectivity index (χ3v) is 2.85. The predicted molar refractivity (Wildman–Crippen MR) is 61.0 cm³/mol. The summed E-state index contributed by atoms with van der Waals surface area (Å²) in [6.45, 7) is 6.37. The lowest BCUT2D eigenvalue weighted by atomic mass is 10.1. The molecule has 1 atom stereocenters. The normalized spacial score (nSPS) is 22.9. The average molecular weight is 220 g/mol. The molecule has 0 aromatic heterocycles. The fourth-order valence-corrected chi connectivity index (χ4v) is 2.21. The summed E-state index contributed by atoms with van der Waals surface area (Å²) in [5.74, 6) is 0.729. The van der Waals surface area contributed by atoms with E-state index in [4.69, 9.17) is 16.3 Å². The summed E-state index contributed by atoms with van der Waals surface area (Å²) in [4.78, 5) is 2.42. The zero-order valence-corrected chi connectivity index (χ0v) is 9.93. The first-order valence-corrected chi connectivity index (χ1v) is 6.30. The van der Waals surface area contributed by atoms with Crippen molar-refractivity contribution in [1.82, 2.24) is 4.90 Å². The third kappa shape index (κ3) is 4.63. The van der Waals surface area contributed by atoms with Crippen LogP contribution in [0.1, 0.15) is 32.6 Å². The molecule has 84 valence electrons. The first-order chi connectivity index (χ1) is 6.86. The van der Waals surface area contributed by atoms with Gasteiger partial charge in [0.05, 0.1) is 6.10 Å². The first kappa shape index (κ1) is 12.3. The molecule has 0 bridgehead atoms. The summed E-state index contributed by atoms with van der Waals surface area (Å²) < 4.78 is 5.72. The van der Waals surface area contributed by atoms with E-state index in [1.807, 2.05) is 0 Å². The highest BCUT2D eigenvalue weighted by atomic mass is 35.5. The van der Waals surface area contributed by atoms with Crippen molar-refractivity contribution in [2.24, 2.45) is 0 Å². The van der Waals surface area contributed by atoms with Crippen LogP contribution in [0.4, 0.5) is 0 Å². The van der Waals surface area contributed by atoms with Gasteiger partial charge in [-0.1, -0.05) is 6.92 Å². The van der Waals surface area contributed by atoms with Gasteiger partial charge in [-0.25, -0.2) is 0 Å². The highest BCUT2D eigenvalue weighted by molar-refractivity contribution is 6.18. The van der Waals surface area contributed by atoms with Gasteiger partial charge in [-0.15, -0.1) is 11.6 Å². The van der Waals surface area contributed by atoms with Gasteiger partial charge in [0.1, 0.15) is 0 Å². The second-order valence-corrected chi connectivity index (χ2v) is 4.36. The molecule has 1 aliphatic heterocycles. The molecular formula is C11H22ClNO. The Morgan fingerprint density at radius 3 is 2.79 bits per heavy atom. The number of hydrogen-bond acceptors (Lipinski definition) is 2. The van der Waals surface area contributed by atoms with Crippen molar-refractivity contribution in [1.29, 1.82) is 0 Å². The molecule has 0 N–H and O–H groups in total. The van der Waals surface area contributed by atoms with Crippen LogP contribution in [0.25, 0.3) is 0 Å². The van der Waals surface area contributed by atoms with Crippen LogP contribution in [0.5, 0.6) is 0 Å². The zero-order valence-electron chi connectivity index (χ0n) is 9.17. The Bertz CT molecular complexity index is 131. The van der Waals surface area contributed by atoms with Gasteiger partial charge in [-0.3, -0.25) is 4.90 Å². The lowest BCUT2D eigenvalue weighted by molar-refractivity contribution is -0.00466. The Morgan fingerprint density at radius 1 is 1.36 bits per heavy atom. The van der Waals surface area contributed by atoms with Crippen LogP contribution in [0, 0.1) is 0 Å². The molecule has 0 radical (unpaired) electrons. The Labute approximate surface area is 92.6 Å². The van der Waals surface area contributed by atoms with Gasteiger partial charge >= 0.3 is 0 Å². The molecule has 1 saturated heterocycles. The molecule has 14 heavy (non-hydrogen) atoms. The van der Waals surface area contributed by atoms with Crippen molar-refractivity contribution in [2.75, 3.05) is 32.1 Å². The van der Waals surface area contributed by atoms with E-state index in [1.165, 1.54) is 25.7 Å². The fraction of sp³-hybridized carbons (Fsp3) is 1.00. The largest absolute Gasteiger partial charge is 0.377 e. The molecule has 3 heteroatoms. The second-order valence-electron chi connectivity index (χ2n) is 3.98. The van der Waals surface area contributed by atoms with Crippen LogP contribution in [0.2, 0.25) is 0 Å². The smallest absolute Gasteiger partial charge is 0.0702 e. The maximum atomic E-state index is 5.77. The van der Waals surface area contributed by atoms with Crippen LogP contribution >= 0.6 is 11.6 Å². The van der Waals surface area contributed by atoms with Gasteiger partial charge in [0.25, 0.3) is 0 Å². The highest BCUT2D eigenvalue weighted by Crippen LogP contribution is 2.13. The molecule has 0 saturated carbocycles. The minimum Gasteiger partial charge on any atom is -0.377 e. The van der Waals surface area contributed by atoms with Gasteiger partial charge in [0.15, 0.2) is 0 Å². The predicted octanol–water partition coefficient (Wildman–Crippen LogP) is 2.51. The van der Waals surface area contributed by atoms with Gasteiger partial charge in [0.2, 0.25) is 0 Å². The van der Waals surface area contributed by atoms with E-state index in [2.05, 4.69) is 11.8 Å². The molecule has 0 spiro atoms. The van der Waals surface area contributed by atoms with Crippen LogP contribution in [0.3, 0.4) is 0 Å². The van der Waals surface area contributed by atoms with Gasteiger partial charge < -0.3 is 4.74 Å².